The summed E-state index contributed by atoms with van der Waals surface area (Å²) in [4.78, 5) is 35.1. The summed E-state index contributed by atoms with van der Waals surface area (Å²) in [6.07, 6.45) is 0. The number of carbonyl (C=O) groups is 3. The molecule has 0 fully saturated rings. The number of sulfonamides is 1. The zero-order valence-corrected chi connectivity index (χ0v) is 18.2. The fourth-order valence-electron chi connectivity index (χ4n) is 2.31. The van der Waals surface area contributed by atoms with E-state index >= 15 is 0 Å². The molecule has 0 unspecified atom stereocenters. The van der Waals surface area contributed by atoms with E-state index in [2.05, 4.69) is 5.32 Å². The Labute approximate surface area is 182 Å². The number of aromatic hydroxyl groups is 1. The molecule has 0 saturated carbocycles. The Morgan fingerprint density at radius 1 is 1.03 bits per heavy atom. The fraction of sp³-hybridized carbons (Fsp3) is 0.211. The van der Waals surface area contributed by atoms with Crippen LogP contribution in [0.2, 0.25) is 5.02 Å². The van der Waals surface area contributed by atoms with Gasteiger partial charge in [-0.2, -0.15) is 0 Å². The molecule has 10 nitrogen and oxygen atoms in total. The Morgan fingerprint density at radius 2 is 1.68 bits per heavy atom. The van der Waals surface area contributed by atoms with Gasteiger partial charge in [-0.25, -0.2) is 27.5 Å². The summed E-state index contributed by atoms with van der Waals surface area (Å²) in [5, 5.41) is 21.3. The molecular weight excluding hydrogens is 452 g/mol. The van der Waals surface area contributed by atoms with Gasteiger partial charge in [0.05, 0.1) is 16.1 Å². The van der Waals surface area contributed by atoms with E-state index in [9.17, 15) is 27.9 Å². The molecule has 0 saturated heterocycles. The quantitative estimate of drug-likeness (QED) is 0.484. The second-order valence-electron chi connectivity index (χ2n) is 7.24. The first-order valence-electron chi connectivity index (χ1n) is 8.62. The van der Waals surface area contributed by atoms with Crippen LogP contribution >= 0.6 is 11.6 Å². The monoisotopic (exact) mass is 470 g/mol. The topological polar surface area (TPSA) is 159 Å². The number of esters is 1. The summed E-state index contributed by atoms with van der Waals surface area (Å²) in [6, 6.07) is 5.09. The number of nitrogens with one attached hydrogen (secondary N) is 2. The van der Waals surface area contributed by atoms with Gasteiger partial charge in [-0.15, -0.1) is 0 Å². The molecule has 0 spiro atoms. The fourth-order valence-corrected chi connectivity index (χ4v) is 3.42. The Bertz CT molecular complexity index is 1160. The lowest BCUT2D eigenvalue weighted by Gasteiger charge is -2.20. The number of hydrogen-bond donors (Lipinski definition) is 4. The van der Waals surface area contributed by atoms with E-state index in [-0.39, 0.29) is 16.3 Å². The number of urea groups is 1. The highest BCUT2D eigenvalue weighted by atomic mass is 35.5. The molecule has 2 rings (SSSR count). The highest BCUT2D eigenvalue weighted by Gasteiger charge is 2.25. The summed E-state index contributed by atoms with van der Waals surface area (Å²) in [7, 11) is -4.50. The maximum Gasteiger partial charge on any atom is 0.342 e. The van der Waals surface area contributed by atoms with Gasteiger partial charge in [0.25, 0.3) is 10.0 Å². The van der Waals surface area contributed by atoms with Crippen molar-refractivity contribution in [2.45, 2.75) is 31.3 Å². The van der Waals surface area contributed by atoms with Gasteiger partial charge in [0.2, 0.25) is 0 Å². The summed E-state index contributed by atoms with van der Waals surface area (Å²) in [6.45, 7) is 4.78. The SMILES string of the molecule is CC(C)(C)OC(=O)c1cc(S(=O)(=O)NC(=O)Nc2cc(Cl)ccc2C(=O)O)ccc1O. The summed E-state index contributed by atoms with van der Waals surface area (Å²) in [5.41, 5.74) is -1.85. The molecule has 166 valence electrons. The van der Waals surface area contributed by atoms with Gasteiger partial charge in [0, 0.05) is 5.02 Å². The molecule has 0 radical (unpaired) electrons. The van der Waals surface area contributed by atoms with Crippen molar-refractivity contribution in [3.63, 3.8) is 0 Å². The van der Waals surface area contributed by atoms with Crippen LogP contribution in [0.1, 0.15) is 41.5 Å². The van der Waals surface area contributed by atoms with Crippen LogP contribution in [-0.4, -0.2) is 42.2 Å². The lowest BCUT2D eigenvalue weighted by atomic mass is 10.1. The van der Waals surface area contributed by atoms with Crippen molar-refractivity contribution in [2.75, 3.05) is 5.32 Å². The molecule has 2 amide bonds. The first-order chi connectivity index (χ1) is 14.2. The second kappa shape index (κ2) is 8.82. The molecule has 2 aromatic carbocycles. The number of phenols is 1. The lowest BCUT2D eigenvalue weighted by molar-refractivity contribution is 0.00662. The number of ether oxygens (including phenoxy) is 1. The third-order valence-corrected chi connectivity index (χ3v) is 5.15. The third-order valence-electron chi connectivity index (χ3n) is 3.58. The predicted molar refractivity (Wildman–Crippen MR) is 111 cm³/mol. The zero-order valence-electron chi connectivity index (χ0n) is 16.6. The zero-order chi connectivity index (χ0) is 23.6. The largest absolute Gasteiger partial charge is 0.507 e. The van der Waals surface area contributed by atoms with Gasteiger partial charge in [0.15, 0.2) is 0 Å². The average Bonchev–Trinajstić information content (AvgIpc) is 2.59. The number of rotatable bonds is 5. The molecule has 0 aromatic heterocycles. The van der Waals surface area contributed by atoms with E-state index in [1.54, 1.807) is 25.5 Å². The number of hydrogen-bond acceptors (Lipinski definition) is 7. The van der Waals surface area contributed by atoms with Crippen LogP contribution in [0.25, 0.3) is 0 Å². The van der Waals surface area contributed by atoms with Crippen LogP contribution in [0.15, 0.2) is 41.3 Å². The number of phenolic OH excluding ortho intramolecular Hbond substituents is 1. The van der Waals surface area contributed by atoms with Crippen LogP contribution in [0.3, 0.4) is 0 Å². The molecule has 12 heteroatoms. The minimum absolute atomic E-state index is 0.115. The van der Waals surface area contributed by atoms with Crippen LogP contribution in [0.5, 0.6) is 5.75 Å². The molecule has 0 atom stereocenters. The lowest BCUT2D eigenvalue weighted by Crippen LogP contribution is -2.35. The first-order valence-corrected chi connectivity index (χ1v) is 10.5. The molecule has 0 aliphatic rings. The van der Waals surface area contributed by atoms with Crippen molar-refractivity contribution in [2.24, 2.45) is 0 Å². The van der Waals surface area contributed by atoms with Crippen LogP contribution in [-0.2, 0) is 14.8 Å². The Morgan fingerprint density at radius 3 is 2.26 bits per heavy atom. The predicted octanol–water partition coefficient (Wildman–Crippen LogP) is 3.21. The van der Waals surface area contributed by atoms with Crippen molar-refractivity contribution < 1.29 is 37.8 Å². The summed E-state index contributed by atoms with van der Waals surface area (Å²) in [5.74, 6) is -2.84. The van der Waals surface area contributed by atoms with Gasteiger partial charge in [-0.3, -0.25) is 0 Å². The molecule has 0 aliphatic carbocycles. The van der Waals surface area contributed by atoms with E-state index in [1.165, 1.54) is 6.07 Å². The molecule has 0 heterocycles. The van der Waals surface area contributed by atoms with Crippen molar-refractivity contribution in [3.8, 4) is 5.75 Å². The molecular formula is C19H19ClN2O8S. The first kappa shape index (κ1) is 24.0. The third kappa shape index (κ3) is 6.33. The molecule has 0 bridgehead atoms. The Kier molecular flexibility index (Phi) is 6.82. The van der Waals surface area contributed by atoms with Crippen molar-refractivity contribution in [1.29, 1.82) is 0 Å². The standard InChI is InChI=1S/C19H19ClN2O8S/c1-19(2,3)30-17(26)13-9-11(5-7-15(13)23)31(28,29)22-18(27)21-14-8-10(20)4-6-12(14)16(24)25/h4-9,23H,1-3H3,(H,24,25)(H2,21,22,27). The van der Waals surface area contributed by atoms with Gasteiger partial charge < -0.3 is 20.3 Å². The Balaban J connectivity index is 2.28. The van der Waals surface area contributed by atoms with Gasteiger partial charge in [-0.05, 0) is 57.2 Å². The van der Waals surface area contributed by atoms with Crippen LogP contribution in [0, 0.1) is 0 Å². The number of amides is 2. The second-order valence-corrected chi connectivity index (χ2v) is 9.35. The number of anilines is 1. The highest BCUT2D eigenvalue weighted by molar-refractivity contribution is 7.90. The van der Waals surface area contributed by atoms with E-state index in [0.717, 1.165) is 30.3 Å². The number of carbonyl (C=O) groups excluding carboxylic acids is 2. The van der Waals surface area contributed by atoms with Gasteiger partial charge in [0.1, 0.15) is 16.9 Å². The highest BCUT2D eigenvalue weighted by Crippen LogP contribution is 2.25. The van der Waals surface area contributed by atoms with Crippen molar-refractivity contribution in [3.05, 3.63) is 52.5 Å². The maximum absolute atomic E-state index is 12.5. The minimum Gasteiger partial charge on any atom is -0.507 e. The Hall–Kier alpha value is -3.31. The van der Waals surface area contributed by atoms with E-state index in [4.69, 9.17) is 21.4 Å². The number of carboxylic acids is 1. The smallest absolute Gasteiger partial charge is 0.342 e. The summed E-state index contributed by atoms with van der Waals surface area (Å²) < 4.78 is 31.9. The number of carboxylic acid groups (broad SMARTS) is 1. The number of aromatic carboxylic acids is 1. The van der Waals surface area contributed by atoms with Crippen molar-refractivity contribution >= 4 is 45.3 Å². The summed E-state index contributed by atoms with van der Waals surface area (Å²) >= 11 is 5.79. The van der Waals surface area contributed by atoms with Crippen LogP contribution < -0.4 is 10.0 Å². The van der Waals surface area contributed by atoms with Gasteiger partial charge in [-0.1, -0.05) is 11.6 Å². The maximum atomic E-state index is 12.5. The molecule has 0 aliphatic heterocycles. The normalized spacial score (nSPS) is 11.5. The van der Waals surface area contributed by atoms with Crippen molar-refractivity contribution in [1.82, 2.24) is 4.72 Å². The average molecular weight is 471 g/mol. The van der Waals surface area contributed by atoms with E-state index in [1.807, 2.05) is 0 Å². The van der Waals surface area contributed by atoms with E-state index < -0.39 is 49.8 Å². The number of halogens is 1. The molecule has 4 N–H and O–H groups in total. The number of benzene rings is 2. The minimum atomic E-state index is -4.50. The molecule has 2 aromatic rings. The van der Waals surface area contributed by atoms with Gasteiger partial charge >= 0.3 is 18.0 Å². The molecule has 31 heavy (non-hydrogen) atoms. The van der Waals surface area contributed by atoms with E-state index in [0.29, 0.717) is 0 Å². The van der Waals surface area contributed by atoms with Crippen LogP contribution in [0.4, 0.5) is 10.5 Å².